The lowest BCUT2D eigenvalue weighted by molar-refractivity contribution is 0.685. The van der Waals surface area contributed by atoms with Gasteiger partial charge < -0.3 is 4.90 Å². The van der Waals surface area contributed by atoms with Crippen LogP contribution in [0.2, 0.25) is 5.02 Å². The SMILES string of the molecule is CC(C)N(Cc1cccs1)c1ccc(Cl)cc1CBr. The molecule has 0 aliphatic heterocycles. The third-order valence-corrected chi connectivity index (χ3v) is 4.72. The number of anilines is 1. The van der Waals surface area contributed by atoms with Crippen molar-refractivity contribution in [2.24, 2.45) is 0 Å². The number of thiophene rings is 1. The third-order valence-electron chi connectivity index (χ3n) is 3.02. The Morgan fingerprint density at radius 2 is 2.11 bits per heavy atom. The van der Waals surface area contributed by atoms with Crippen LogP contribution in [0.1, 0.15) is 24.3 Å². The predicted octanol–water partition coefficient (Wildman–Crippen LogP) is 5.71. The van der Waals surface area contributed by atoms with Gasteiger partial charge in [0.15, 0.2) is 0 Å². The number of rotatable bonds is 5. The molecule has 1 aromatic heterocycles. The number of alkyl halides is 1. The molecule has 0 N–H and O–H groups in total. The van der Waals surface area contributed by atoms with Gasteiger partial charge in [0.1, 0.15) is 0 Å². The summed E-state index contributed by atoms with van der Waals surface area (Å²) in [7, 11) is 0. The van der Waals surface area contributed by atoms with E-state index in [4.69, 9.17) is 11.6 Å². The minimum atomic E-state index is 0.445. The van der Waals surface area contributed by atoms with Crippen molar-refractivity contribution in [3.05, 3.63) is 51.2 Å². The molecule has 0 saturated carbocycles. The molecule has 0 aliphatic rings. The van der Waals surface area contributed by atoms with Gasteiger partial charge in [-0.05, 0) is 49.1 Å². The van der Waals surface area contributed by atoms with Crippen molar-refractivity contribution in [3.63, 3.8) is 0 Å². The molecule has 19 heavy (non-hydrogen) atoms. The molecule has 0 spiro atoms. The molecule has 0 unspecified atom stereocenters. The predicted molar refractivity (Wildman–Crippen MR) is 89.7 cm³/mol. The molecule has 0 fully saturated rings. The molecule has 0 saturated heterocycles. The van der Waals surface area contributed by atoms with Crippen LogP contribution in [-0.2, 0) is 11.9 Å². The van der Waals surface area contributed by atoms with Crippen LogP contribution in [0.5, 0.6) is 0 Å². The summed E-state index contributed by atoms with van der Waals surface area (Å²) in [6.07, 6.45) is 0. The lowest BCUT2D eigenvalue weighted by Gasteiger charge is -2.30. The van der Waals surface area contributed by atoms with Gasteiger partial charge in [-0.15, -0.1) is 11.3 Å². The Balaban J connectivity index is 2.33. The third kappa shape index (κ3) is 3.74. The maximum Gasteiger partial charge on any atom is 0.0525 e. The highest BCUT2D eigenvalue weighted by atomic mass is 79.9. The number of hydrogen-bond acceptors (Lipinski definition) is 2. The monoisotopic (exact) mass is 357 g/mol. The summed E-state index contributed by atoms with van der Waals surface area (Å²) in [6.45, 7) is 5.39. The molecule has 2 aromatic rings. The fourth-order valence-electron chi connectivity index (χ4n) is 2.06. The van der Waals surface area contributed by atoms with Gasteiger partial charge in [0.25, 0.3) is 0 Å². The maximum atomic E-state index is 6.09. The zero-order valence-corrected chi connectivity index (χ0v) is 14.2. The highest BCUT2D eigenvalue weighted by Crippen LogP contribution is 2.29. The van der Waals surface area contributed by atoms with Crippen molar-refractivity contribution in [1.82, 2.24) is 0 Å². The van der Waals surface area contributed by atoms with Crippen molar-refractivity contribution in [3.8, 4) is 0 Å². The van der Waals surface area contributed by atoms with Crippen molar-refractivity contribution >= 4 is 44.6 Å². The Labute approximate surface area is 132 Å². The first kappa shape index (κ1) is 14.9. The van der Waals surface area contributed by atoms with E-state index in [0.29, 0.717) is 6.04 Å². The summed E-state index contributed by atoms with van der Waals surface area (Å²) in [5.74, 6) is 0. The first-order valence-corrected chi connectivity index (χ1v) is 8.63. The van der Waals surface area contributed by atoms with Gasteiger partial charge in [-0.1, -0.05) is 33.6 Å². The molecule has 0 bridgehead atoms. The first-order valence-electron chi connectivity index (χ1n) is 6.25. The van der Waals surface area contributed by atoms with E-state index in [2.05, 4.69) is 58.3 Å². The average Bonchev–Trinajstić information content (AvgIpc) is 2.89. The Morgan fingerprint density at radius 1 is 1.32 bits per heavy atom. The van der Waals surface area contributed by atoms with E-state index >= 15 is 0 Å². The lowest BCUT2D eigenvalue weighted by Crippen LogP contribution is -2.30. The number of hydrogen-bond donors (Lipinski definition) is 0. The van der Waals surface area contributed by atoms with Crippen molar-refractivity contribution < 1.29 is 0 Å². The van der Waals surface area contributed by atoms with Crippen LogP contribution in [0.3, 0.4) is 0 Å². The Morgan fingerprint density at radius 3 is 2.68 bits per heavy atom. The fourth-order valence-corrected chi connectivity index (χ4v) is 3.40. The zero-order chi connectivity index (χ0) is 13.8. The van der Waals surface area contributed by atoms with Gasteiger partial charge in [-0.2, -0.15) is 0 Å². The summed E-state index contributed by atoms with van der Waals surface area (Å²) < 4.78 is 0. The second-order valence-electron chi connectivity index (χ2n) is 4.71. The van der Waals surface area contributed by atoms with Crippen molar-refractivity contribution in [2.75, 3.05) is 4.90 Å². The second kappa shape index (κ2) is 6.78. The van der Waals surface area contributed by atoms with E-state index in [1.54, 1.807) is 11.3 Å². The summed E-state index contributed by atoms with van der Waals surface area (Å²) in [5, 5.41) is 3.73. The van der Waals surface area contributed by atoms with E-state index in [0.717, 1.165) is 16.9 Å². The molecule has 0 aliphatic carbocycles. The molecule has 0 radical (unpaired) electrons. The summed E-state index contributed by atoms with van der Waals surface area (Å²) >= 11 is 11.4. The van der Waals surface area contributed by atoms with Crippen LogP contribution in [-0.4, -0.2) is 6.04 Å². The van der Waals surface area contributed by atoms with E-state index in [-0.39, 0.29) is 0 Å². The number of halogens is 2. The fraction of sp³-hybridized carbons (Fsp3) is 0.333. The van der Waals surface area contributed by atoms with Gasteiger partial charge in [0.05, 0.1) is 6.54 Å². The highest BCUT2D eigenvalue weighted by Gasteiger charge is 2.15. The minimum absolute atomic E-state index is 0.445. The normalized spacial score (nSPS) is 11.0. The Hall–Kier alpha value is -0.510. The summed E-state index contributed by atoms with van der Waals surface area (Å²) in [4.78, 5) is 3.79. The van der Waals surface area contributed by atoms with E-state index in [1.807, 2.05) is 12.1 Å². The van der Waals surface area contributed by atoms with Gasteiger partial charge in [-0.3, -0.25) is 0 Å². The van der Waals surface area contributed by atoms with Crippen molar-refractivity contribution in [1.29, 1.82) is 0 Å². The molecule has 102 valence electrons. The van der Waals surface area contributed by atoms with E-state index in [1.165, 1.54) is 16.1 Å². The Bertz CT molecular complexity index is 525. The topological polar surface area (TPSA) is 3.24 Å². The van der Waals surface area contributed by atoms with Crippen molar-refractivity contribution in [2.45, 2.75) is 31.8 Å². The van der Waals surface area contributed by atoms with E-state index in [9.17, 15) is 0 Å². The molecule has 1 heterocycles. The van der Waals surface area contributed by atoms with Crippen LogP contribution >= 0.6 is 38.9 Å². The molecule has 1 aromatic carbocycles. The molecule has 0 atom stereocenters. The maximum absolute atomic E-state index is 6.09. The lowest BCUT2D eigenvalue weighted by atomic mass is 10.1. The highest BCUT2D eigenvalue weighted by molar-refractivity contribution is 9.08. The molecular formula is C15H17BrClNS. The molecule has 1 nitrogen and oxygen atoms in total. The smallest absolute Gasteiger partial charge is 0.0525 e. The molecule has 2 rings (SSSR count). The summed E-state index contributed by atoms with van der Waals surface area (Å²) in [5.41, 5.74) is 2.49. The number of benzene rings is 1. The van der Waals surface area contributed by atoms with Gasteiger partial charge in [0.2, 0.25) is 0 Å². The Kier molecular flexibility index (Phi) is 5.31. The zero-order valence-electron chi connectivity index (χ0n) is 11.1. The minimum Gasteiger partial charge on any atom is -0.364 e. The standard InChI is InChI=1S/C15H17BrClNS/c1-11(2)18(10-14-4-3-7-19-14)15-6-5-13(17)8-12(15)9-16/h3-8,11H,9-10H2,1-2H3. The first-order chi connectivity index (χ1) is 9.11. The van der Waals surface area contributed by atoms with Crippen LogP contribution in [0.25, 0.3) is 0 Å². The molecule has 4 heteroatoms. The summed E-state index contributed by atoms with van der Waals surface area (Å²) in [6, 6.07) is 10.9. The molecular weight excluding hydrogens is 342 g/mol. The van der Waals surface area contributed by atoms with Gasteiger partial charge in [-0.25, -0.2) is 0 Å². The van der Waals surface area contributed by atoms with Crippen LogP contribution in [0, 0.1) is 0 Å². The molecule has 0 amide bonds. The largest absolute Gasteiger partial charge is 0.364 e. The average molecular weight is 359 g/mol. The second-order valence-corrected chi connectivity index (χ2v) is 6.74. The quantitative estimate of drug-likeness (QED) is 0.619. The van der Waals surface area contributed by atoms with Gasteiger partial charge >= 0.3 is 0 Å². The van der Waals surface area contributed by atoms with Crippen LogP contribution in [0.15, 0.2) is 35.7 Å². The van der Waals surface area contributed by atoms with Crippen LogP contribution < -0.4 is 4.90 Å². The van der Waals surface area contributed by atoms with Crippen LogP contribution in [0.4, 0.5) is 5.69 Å². The number of nitrogens with zero attached hydrogens (tertiary/aromatic N) is 1. The van der Waals surface area contributed by atoms with Gasteiger partial charge in [0, 0.05) is 27.0 Å². The van der Waals surface area contributed by atoms with E-state index < -0.39 is 0 Å².